The first kappa shape index (κ1) is 17.2. The lowest BCUT2D eigenvalue weighted by atomic mass is 9.81. The molecule has 0 radical (unpaired) electrons. The summed E-state index contributed by atoms with van der Waals surface area (Å²) < 4.78 is 6.20. The van der Waals surface area contributed by atoms with Gasteiger partial charge in [-0.3, -0.25) is 9.80 Å². The van der Waals surface area contributed by atoms with E-state index in [1.54, 1.807) is 0 Å². The third kappa shape index (κ3) is 3.80. The summed E-state index contributed by atoms with van der Waals surface area (Å²) >= 11 is 0. The van der Waals surface area contributed by atoms with Crippen molar-refractivity contribution in [2.24, 2.45) is 11.8 Å². The van der Waals surface area contributed by atoms with Crippen LogP contribution >= 0.6 is 0 Å². The van der Waals surface area contributed by atoms with E-state index in [0.29, 0.717) is 0 Å². The van der Waals surface area contributed by atoms with Gasteiger partial charge in [-0.1, -0.05) is 6.92 Å². The highest BCUT2D eigenvalue weighted by molar-refractivity contribution is 5.02. The molecule has 0 aromatic carbocycles. The van der Waals surface area contributed by atoms with Crippen LogP contribution in [0.1, 0.15) is 32.6 Å². The Kier molecular flexibility index (Phi) is 5.17. The predicted molar refractivity (Wildman–Crippen MR) is 95.1 cm³/mol. The Bertz CT molecular complexity index is 413. The van der Waals surface area contributed by atoms with Crippen LogP contribution < -0.4 is 0 Å². The van der Waals surface area contributed by atoms with Gasteiger partial charge in [-0.25, -0.2) is 0 Å². The van der Waals surface area contributed by atoms with Gasteiger partial charge in [-0.05, 0) is 57.2 Å². The maximum absolute atomic E-state index is 9.48. The molecule has 4 fully saturated rings. The van der Waals surface area contributed by atoms with Crippen molar-refractivity contribution in [2.45, 2.75) is 44.3 Å². The summed E-state index contributed by atoms with van der Waals surface area (Å²) in [7, 11) is 0. The zero-order chi connectivity index (χ0) is 16.6. The molecular weight excluding hydrogens is 302 g/mol. The predicted octanol–water partition coefficient (Wildman–Crippen LogP) is 0.876. The smallest absolute Gasteiger partial charge is 0.106 e. The van der Waals surface area contributed by atoms with Crippen molar-refractivity contribution in [3.05, 3.63) is 0 Å². The molecule has 0 unspecified atom stereocenters. The molecule has 0 atom stereocenters. The maximum atomic E-state index is 9.48. The van der Waals surface area contributed by atoms with E-state index < -0.39 is 0 Å². The van der Waals surface area contributed by atoms with Gasteiger partial charge in [0, 0.05) is 39.3 Å². The molecule has 5 nitrogen and oxygen atoms in total. The Morgan fingerprint density at radius 1 is 0.917 bits per heavy atom. The van der Waals surface area contributed by atoms with Gasteiger partial charge < -0.3 is 14.7 Å². The van der Waals surface area contributed by atoms with Crippen molar-refractivity contribution < 1.29 is 9.84 Å². The van der Waals surface area contributed by atoms with Gasteiger partial charge in [-0.15, -0.1) is 0 Å². The van der Waals surface area contributed by atoms with Crippen LogP contribution in [0.15, 0.2) is 0 Å². The van der Waals surface area contributed by atoms with Crippen LogP contribution in [0, 0.1) is 11.8 Å². The number of aliphatic hydroxyl groups excluding tert-OH is 1. The minimum absolute atomic E-state index is 0.0247. The van der Waals surface area contributed by atoms with Gasteiger partial charge in [-0.2, -0.15) is 0 Å². The molecule has 1 saturated carbocycles. The molecule has 1 N–H and O–H groups in total. The van der Waals surface area contributed by atoms with Crippen LogP contribution in [-0.2, 0) is 4.74 Å². The van der Waals surface area contributed by atoms with Crippen LogP contribution in [0.5, 0.6) is 0 Å². The molecule has 5 heteroatoms. The Balaban J connectivity index is 1.18. The molecule has 3 heterocycles. The second-order valence-corrected chi connectivity index (χ2v) is 8.81. The van der Waals surface area contributed by atoms with Gasteiger partial charge in [0.1, 0.15) is 5.60 Å². The van der Waals surface area contributed by atoms with Crippen LogP contribution in [0.2, 0.25) is 0 Å². The summed E-state index contributed by atoms with van der Waals surface area (Å²) in [6.07, 6.45) is 4.73. The first-order chi connectivity index (χ1) is 11.6. The van der Waals surface area contributed by atoms with E-state index >= 15 is 0 Å². The van der Waals surface area contributed by atoms with E-state index in [9.17, 15) is 5.11 Å². The fourth-order valence-electron chi connectivity index (χ4n) is 5.23. The molecule has 4 aliphatic rings. The molecule has 138 valence electrons. The summed E-state index contributed by atoms with van der Waals surface area (Å²) in [4.78, 5) is 7.80. The van der Waals surface area contributed by atoms with Crippen molar-refractivity contribution in [3.8, 4) is 0 Å². The monoisotopic (exact) mass is 337 g/mol. The largest absolute Gasteiger partial charge is 0.393 e. The second kappa shape index (κ2) is 7.20. The van der Waals surface area contributed by atoms with Crippen molar-refractivity contribution >= 4 is 0 Å². The number of ether oxygens (including phenoxy) is 1. The van der Waals surface area contributed by atoms with Crippen molar-refractivity contribution in [1.29, 1.82) is 0 Å². The van der Waals surface area contributed by atoms with Gasteiger partial charge in [0.25, 0.3) is 0 Å². The summed E-state index contributed by atoms with van der Waals surface area (Å²) in [6, 6.07) is 0. The van der Waals surface area contributed by atoms with Crippen molar-refractivity contribution in [1.82, 2.24) is 14.7 Å². The highest BCUT2D eigenvalue weighted by Crippen LogP contribution is 2.33. The summed E-state index contributed by atoms with van der Waals surface area (Å²) in [6.45, 7) is 13.8. The first-order valence-electron chi connectivity index (χ1n) is 10.1. The average Bonchev–Trinajstić information content (AvgIpc) is 2.53. The normalized spacial score (nSPS) is 35.8. The number of likely N-dealkylation sites (tertiary alicyclic amines) is 2. The van der Waals surface area contributed by atoms with E-state index in [2.05, 4.69) is 21.6 Å². The molecule has 0 aromatic rings. The van der Waals surface area contributed by atoms with E-state index in [-0.39, 0.29) is 11.7 Å². The lowest BCUT2D eigenvalue weighted by Gasteiger charge is -2.55. The molecule has 24 heavy (non-hydrogen) atoms. The number of hydrogen-bond donors (Lipinski definition) is 1. The molecule has 1 aliphatic carbocycles. The van der Waals surface area contributed by atoms with Gasteiger partial charge in [0.15, 0.2) is 0 Å². The fourth-order valence-corrected chi connectivity index (χ4v) is 5.23. The average molecular weight is 338 g/mol. The van der Waals surface area contributed by atoms with E-state index in [1.165, 1.54) is 39.0 Å². The third-order valence-electron chi connectivity index (χ3n) is 6.75. The van der Waals surface area contributed by atoms with Gasteiger partial charge in [0.2, 0.25) is 0 Å². The highest BCUT2D eigenvalue weighted by atomic mass is 16.5. The second-order valence-electron chi connectivity index (χ2n) is 8.81. The molecule has 0 amide bonds. The Labute approximate surface area is 146 Å². The zero-order valence-corrected chi connectivity index (χ0v) is 15.3. The molecule has 3 saturated heterocycles. The molecule has 4 rings (SSSR count). The highest BCUT2D eigenvalue weighted by Gasteiger charge is 2.48. The van der Waals surface area contributed by atoms with Crippen LogP contribution in [0.4, 0.5) is 0 Å². The van der Waals surface area contributed by atoms with E-state index in [4.69, 9.17) is 4.74 Å². The van der Waals surface area contributed by atoms with Crippen LogP contribution in [-0.4, -0.2) is 97.0 Å². The van der Waals surface area contributed by atoms with E-state index in [1.807, 2.05) is 0 Å². The molecule has 0 aromatic heterocycles. The molecule has 1 spiro atoms. The van der Waals surface area contributed by atoms with Gasteiger partial charge >= 0.3 is 0 Å². The SMILES string of the molecule is CCN1CCC(CN2CC3(CN(CC4CC(O)C4)CCO3)C2)CC1. The number of piperidine rings is 1. The third-order valence-corrected chi connectivity index (χ3v) is 6.75. The molecule has 3 aliphatic heterocycles. The molecular formula is C19H35N3O2. The number of morpholine rings is 1. The number of rotatable bonds is 5. The van der Waals surface area contributed by atoms with Crippen LogP contribution in [0.3, 0.4) is 0 Å². The van der Waals surface area contributed by atoms with Crippen molar-refractivity contribution in [3.63, 3.8) is 0 Å². The summed E-state index contributed by atoms with van der Waals surface area (Å²) in [5.41, 5.74) is 0.116. The fraction of sp³-hybridized carbons (Fsp3) is 1.00. The summed E-state index contributed by atoms with van der Waals surface area (Å²) in [5.74, 6) is 1.61. The minimum atomic E-state index is -0.0247. The van der Waals surface area contributed by atoms with Crippen LogP contribution in [0.25, 0.3) is 0 Å². The van der Waals surface area contributed by atoms with E-state index in [0.717, 1.165) is 64.0 Å². The Morgan fingerprint density at radius 2 is 1.58 bits per heavy atom. The quantitative estimate of drug-likeness (QED) is 0.806. The topological polar surface area (TPSA) is 39.2 Å². The molecule has 0 bridgehead atoms. The number of aliphatic hydroxyl groups is 1. The standard InChI is InChI=1S/C19H35N3O2/c1-2-20-5-3-16(4-6-20)11-22-14-19(15-22)13-21(7-8-24-19)12-17-9-18(23)10-17/h16-18,23H,2-15H2,1H3. The van der Waals surface area contributed by atoms with Crippen molar-refractivity contribution in [2.75, 3.05) is 65.5 Å². The lowest BCUT2D eigenvalue weighted by Crippen LogP contribution is -2.70. The zero-order valence-electron chi connectivity index (χ0n) is 15.3. The number of hydrogen-bond acceptors (Lipinski definition) is 5. The summed E-state index contributed by atoms with van der Waals surface area (Å²) in [5, 5.41) is 9.48. The minimum Gasteiger partial charge on any atom is -0.393 e. The Morgan fingerprint density at radius 3 is 2.25 bits per heavy atom. The number of nitrogens with zero attached hydrogens (tertiary/aromatic N) is 3. The Hall–Kier alpha value is -0.200. The maximum Gasteiger partial charge on any atom is 0.106 e. The van der Waals surface area contributed by atoms with Gasteiger partial charge in [0.05, 0.1) is 12.7 Å². The lowest BCUT2D eigenvalue weighted by molar-refractivity contribution is -0.189. The first-order valence-corrected chi connectivity index (χ1v) is 10.1.